The van der Waals surface area contributed by atoms with Gasteiger partial charge in [0.25, 0.3) is 0 Å². The molecular formula is C16H23N3O2. The smallest absolute Gasteiger partial charge is 0.242 e. The maximum Gasteiger partial charge on any atom is 0.242 e. The number of carbonyl (C=O) groups is 2. The van der Waals surface area contributed by atoms with Crippen LogP contribution in [-0.2, 0) is 16.1 Å². The van der Waals surface area contributed by atoms with E-state index in [1.807, 2.05) is 12.1 Å². The summed E-state index contributed by atoms with van der Waals surface area (Å²) in [6, 6.07) is 3.23. The fraction of sp³-hybridized carbons (Fsp3) is 0.562. The zero-order valence-electron chi connectivity index (χ0n) is 12.5. The highest BCUT2D eigenvalue weighted by Crippen LogP contribution is 2.23. The first-order valence-corrected chi connectivity index (χ1v) is 7.64. The Morgan fingerprint density at radius 3 is 2.76 bits per heavy atom. The van der Waals surface area contributed by atoms with Gasteiger partial charge in [0.05, 0.1) is 0 Å². The summed E-state index contributed by atoms with van der Waals surface area (Å²) in [6.45, 7) is 2.15. The summed E-state index contributed by atoms with van der Waals surface area (Å²) in [5.74, 6) is -0.0749. The van der Waals surface area contributed by atoms with Gasteiger partial charge >= 0.3 is 0 Å². The van der Waals surface area contributed by atoms with E-state index in [2.05, 4.69) is 15.6 Å². The second-order valence-electron chi connectivity index (χ2n) is 5.64. The van der Waals surface area contributed by atoms with Gasteiger partial charge in [0.1, 0.15) is 6.04 Å². The van der Waals surface area contributed by atoms with Crippen molar-refractivity contribution < 1.29 is 9.59 Å². The van der Waals surface area contributed by atoms with Crippen LogP contribution in [0.1, 0.15) is 44.6 Å². The molecule has 1 heterocycles. The molecule has 1 aromatic rings. The van der Waals surface area contributed by atoms with Gasteiger partial charge in [-0.1, -0.05) is 25.3 Å². The molecular weight excluding hydrogens is 266 g/mol. The molecule has 5 heteroatoms. The number of aromatic nitrogens is 1. The first-order valence-electron chi connectivity index (χ1n) is 7.64. The van der Waals surface area contributed by atoms with E-state index in [-0.39, 0.29) is 17.7 Å². The molecule has 0 saturated heterocycles. The summed E-state index contributed by atoms with van der Waals surface area (Å²) in [5, 5.41) is 5.63. The Bertz CT molecular complexity index is 470. The van der Waals surface area contributed by atoms with E-state index >= 15 is 0 Å². The van der Waals surface area contributed by atoms with Crippen molar-refractivity contribution in [2.24, 2.45) is 5.92 Å². The Kier molecular flexibility index (Phi) is 5.72. The molecule has 0 aromatic carbocycles. The van der Waals surface area contributed by atoms with E-state index in [9.17, 15) is 9.59 Å². The monoisotopic (exact) mass is 289 g/mol. The van der Waals surface area contributed by atoms with E-state index in [0.29, 0.717) is 6.54 Å². The van der Waals surface area contributed by atoms with Crippen molar-refractivity contribution in [3.63, 3.8) is 0 Å². The van der Waals surface area contributed by atoms with Crippen LogP contribution in [0.5, 0.6) is 0 Å². The quantitative estimate of drug-likeness (QED) is 0.868. The van der Waals surface area contributed by atoms with Gasteiger partial charge in [0.15, 0.2) is 0 Å². The minimum Gasteiger partial charge on any atom is -0.350 e. The molecule has 2 N–H and O–H groups in total. The van der Waals surface area contributed by atoms with E-state index in [1.165, 1.54) is 6.42 Å². The van der Waals surface area contributed by atoms with Gasteiger partial charge in [0.2, 0.25) is 11.8 Å². The number of hydrogen-bond donors (Lipinski definition) is 2. The largest absolute Gasteiger partial charge is 0.350 e. The second-order valence-corrected chi connectivity index (χ2v) is 5.64. The third-order valence-electron chi connectivity index (χ3n) is 3.92. The Morgan fingerprint density at radius 1 is 1.33 bits per heavy atom. The topological polar surface area (TPSA) is 71.1 Å². The number of rotatable bonds is 5. The van der Waals surface area contributed by atoms with Gasteiger partial charge in [0, 0.05) is 24.9 Å². The average molecular weight is 289 g/mol. The number of pyridine rings is 1. The SMILES string of the molecule is C[C@@H](NC(=O)C1CCCCC1)C(=O)NCc1cccnc1. The summed E-state index contributed by atoms with van der Waals surface area (Å²) < 4.78 is 0. The van der Waals surface area contributed by atoms with Gasteiger partial charge < -0.3 is 10.6 Å². The molecule has 0 bridgehead atoms. The fourth-order valence-electron chi connectivity index (χ4n) is 2.61. The molecule has 1 saturated carbocycles. The normalized spacial score (nSPS) is 17.0. The van der Waals surface area contributed by atoms with Crippen molar-refractivity contribution in [2.45, 2.75) is 51.6 Å². The van der Waals surface area contributed by atoms with Crippen LogP contribution < -0.4 is 10.6 Å². The maximum absolute atomic E-state index is 12.1. The van der Waals surface area contributed by atoms with Gasteiger partial charge in [-0.2, -0.15) is 0 Å². The number of nitrogens with one attached hydrogen (secondary N) is 2. The highest BCUT2D eigenvalue weighted by Gasteiger charge is 2.24. The summed E-state index contributed by atoms with van der Waals surface area (Å²) in [6.07, 6.45) is 8.72. The number of hydrogen-bond acceptors (Lipinski definition) is 3. The molecule has 1 aliphatic carbocycles. The molecule has 0 spiro atoms. The van der Waals surface area contributed by atoms with Crippen LogP contribution in [0.15, 0.2) is 24.5 Å². The molecule has 21 heavy (non-hydrogen) atoms. The van der Waals surface area contributed by atoms with Gasteiger partial charge in [-0.15, -0.1) is 0 Å². The van der Waals surface area contributed by atoms with Crippen molar-refractivity contribution in [3.8, 4) is 0 Å². The lowest BCUT2D eigenvalue weighted by atomic mass is 9.88. The zero-order valence-corrected chi connectivity index (χ0v) is 12.5. The molecule has 5 nitrogen and oxygen atoms in total. The van der Waals surface area contributed by atoms with Crippen LogP contribution in [0.25, 0.3) is 0 Å². The standard InChI is InChI=1S/C16H23N3O2/c1-12(19-16(21)14-7-3-2-4-8-14)15(20)18-11-13-6-5-9-17-10-13/h5-6,9-10,12,14H,2-4,7-8,11H2,1H3,(H,18,20)(H,19,21)/t12-/m1/s1. The highest BCUT2D eigenvalue weighted by atomic mass is 16.2. The predicted molar refractivity (Wildman–Crippen MR) is 80.3 cm³/mol. The van der Waals surface area contributed by atoms with E-state index in [0.717, 1.165) is 31.2 Å². The van der Waals surface area contributed by atoms with E-state index < -0.39 is 6.04 Å². The summed E-state index contributed by atoms with van der Waals surface area (Å²) >= 11 is 0. The van der Waals surface area contributed by atoms with Crippen LogP contribution >= 0.6 is 0 Å². The van der Waals surface area contributed by atoms with Crippen LogP contribution in [0.2, 0.25) is 0 Å². The van der Waals surface area contributed by atoms with Crippen molar-refractivity contribution in [1.29, 1.82) is 0 Å². The zero-order chi connectivity index (χ0) is 15.1. The molecule has 0 unspecified atom stereocenters. The lowest BCUT2D eigenvalue weighted by molar-refractivity contribution is -0.131. The molecule has 0 aliphatic heterocycles. The molecule has 1 fully saturated rings. The fourth-order valence-corrected chi connectivity index (χ4v) is 2.61. The Hall–Kier alpha value is -1.91. The van der Waals surface area contributed by atoms with Gasteiger partial charge in [-0.3, -0.25) is 14.6 Å². The first kappa shape index (κ1) is 15.5. The lowest BCUT2D eigenvalue weighted by Crippen LogP contribution is -2.46. The molecule has 1 atom stereocenters. The molecule has 2 rings (SSSR count). The van der Waals surface area contributed by atoms with Crippen molar-refractivity contribution in [3.05, 3.63) is 30.1 Å². The van der Waals surface area contributed by atoms with Crippen LogP contribution in [0.4, 0.5) is 0 Å². The minimum atomic E-state index is -0.504. The van der Waals surface area contributed by atoms with E-state index in [1.54, 1.807) is 19.3 Å². The summed E-state index contributed by atoms with van der Waals surface area (Å²) in [4.78, 5) is 28.1. The highest BCUT2D eigenvalue weighted by molar-refractivity contribution is 5.88. The molecule has 2 amide bonds. The maximum atomic E-state index is 12.1. The van der Waals surface area contributed by atoms with Gasteiger partial charge in [-0.25, -0.2) is 0 Å². The summed E-state index contributed by atoms with van der Waals surface area (Å²) in [7, 11) is 0. The Morgan fingerprint density at radius 2 is 2.10 bits per heavy atom. The number of amides is 2. The Balaban J connectivity index is 1.75. The molecule has 114 valence electrons. The van der Waals surface area contributed by atoms with Crippen molar-refractivity contribution in [2.75, 3.05) is 0 Å². The average Bonchev–Trinajstić information content (AvgIpc) is 2.54. The number of carbonyl (C=O) groups excluding carboxylic acids is 2. The minimum absolute atomic E-state index is 0.0127. The second kappa shape index (κ2) is 7.76. The first-order chi connectivity index (χ1) is 10.2. The van der Waals surface area contributed by atoms with Crippen molar-refractivity contribution >= 4 is 11.8 Å². The van der Waals surface area contributed by atoms with Crippen LogP contribution in [-0.4, -0.2) is 22.8 Å². The van der Waals surface area contributed by atoms with Crippen molar-refractivity contribution in [1.82, 2.24) is 15.6 Å². The summed E-state index contributed by atoms with van der Waals surface area (Å²) in [5.41, 5.74) is 0.941. The Labute approximate surface area is 125 Å². The lowest BCUT2D eigenvalue weighted by Gasteiger charge is -2.23. The predicted octanol–water partition coefficient (Wildman–Crippen LogP) is 1.78. The third kappa shape index (κ3) is 4.85. The molecule has 1 aliphatic rings. The van der Waals surface area contributed by atoms with Gasteiger partial charge in [-0.05, 0) is 31.4 Å². The number of nitrogens with zero attached hydrogens (tertiary/aromatic N) is 1. The van der Waals surface area contributed by atoms with Crippen LogP contribution in [0.3, 0.4) is 0 Å². The third-order valence-corrected chi connectivity index (χ3v) is 3.92. The molecule has 0 radical (unpaired) electrons. The van der Waals surface area contributed by atoms with Crippen LogP contribution in [0, 0.1) is 5.92 Å². The van der Waals surface area contributed by atoms with E-state index in [4.69, 9.17) is 0 Å². The molecule has 1 aromatic heterocycles.